The lowest BCUT2D eigenvalue weighted by atomic mass is 10.0. The van der Waals surface area contributed by atoms with E-state index in [9.17, 15) is 4.79 Å². The molecule has 2 rings (SSSR count). The Morgan fingerprint density at radius 1 is 1.37 bits per heavy atom. The van der Waals surface area contributed by atoms with E-state index in [1.54, 1.807) is 6.07 Å². The van der Waals surface area contributed by atoms with E-state index in [0.717, 1.165) is 21.3 Å². The van der Waals surface area contributed by atoms with Gasteiger partial charge in [-0.25, -0.2) is 4.98 Å². The Hall–Kier alpha value is -1.13. The molecule has 1 heterocycles. The largest absolute Gasteiger partial charge is 0.306 e. The first-order chi connectivity index (χ1) is 8.90. The van der Waals surface area contributed by atoms with Gasteiger partial charge in [0.2, 0.25) is 0 Å². The molecular weight excluding hydrogens is 328 g/mol. The van der Waals surface area contributed by atoms with Crippen LogP contribution in [0.15, 0.2) is 27.5 Å². The van der Waals surface area contributed by atoms with Crippen molar-refractivity contribution in [1.82, 2.24) is 9.97 Å². The van der Waals surface area contributed by atoms with Gasteiger partial charge in [-0.05, 0) is 31.0 Å². The zero-order valence-electron chi connectivity index (χ0n) is 10.9. The Morgan fingerprint density at radius 3 is 2.58 bits per heavy atom. The molecule has 1 aromatic carbocycles. The fourth-order valence-corrected chi connectivity index (χ4v) is 2.85. The zero-order chi connectivity index (χ0) is 14.2. The molecule has 1 N–H and O–H groups in total. The maximum atomic E-state index is 12.1. The van der Waals surface area contributed by atoms with Crippen LogP contribution in [-0.2, 0) is 0 Å². The molecular formula is C14H14BrClN2O. The molecule has 0 fully saturated rings. The Kier molecular flexibility index (Phi) is 4.11. The number of aryl methyl sites for hydroxylation is 1. The minimum Gasteiger partial charge on any atom is -0.306 e. The van der Waals surface area contributed by atoms with Gasteiger partial charge in [0.05, 0.1) is 5.02 Å². The van der Waals surface area contributed by atoms with Crippen LogP contribution in [0.25, 0.3) is 11.4 Å². The average Bonchev–Trinajstić information content (AvgIpc) is 2.26. The summed E-state index contributed by atoms with van der Waals surface area (Å²) in [5.74, 6) is 0.648. The Bertz CT molecular complexity index is 680. The number of hydrogen-bond donors (Lipinski definition) is 1. The minimum atomic E-state index is -0.100. The smallest absolute Gasteiger partial charge is 0.254 e. The highest BCUT2D eigenvalue weighted by Crippen LogP contribution is 2.28. The summed E-state index contributed by atoms with van der Waals surface area (Å²) in [4.78, 5) is 19.4. The number of nitrogens with zero attached hydrogens (tertiary/aromatic N) is 1. The fraction of sp³-hybridized carbons (Fsp3) is 0.286. The van der Waals surface area contributed by atoms with Crippen LogP contribution in [0.5, 0.6) is 0 Å². The molecule has 5 heteroatoms. The molecule has 0 amide bonds. The van der Waals surface area contributed by atoms with Gasteiger partial charge in [-0.15, -0.1) is 0 Å². The maximum Gasteiger partial charge on any atom is 0.254 e. The van der Waals surface area contributed by atoms with Gasteiger partial charge in [0.15, 0.2) is 0 Å². The van der Waals surface area contributed by atoms with Gasteiger partial charge in [0.1, 0.15) is 5.82 Å². The van der Waals surface area contributed by atoms with Crippen molar-refractivity contribution < 1.29 is 0 Å². The van der Waals surface area contributed by atoms with Crippen molar-refractivity contribution in [2.24, 2.45) is 0 Å². The minimum absolute atomic E-state index is 0.100. The van der Waals surface area contributed by atoms with Crippen molar-refractivity contribution in [3.63, 3.8) is 0 Å². The number of benzene rings is 1. The van der Waals surface area contributed by atoms with E-state index in [0.29, 0.717) is 10.8 Å². The number of nitrogens with one attached hydrogen (secondary N) is 1. The van der Waals surface area contributed by atoms with Crippen molar-refractivity contribution in [3.05, 3.63) is 49.3 Å². The second kappa shape index (κ2) is 5.47. The molecule has 1 aromatic heterocycles. The predicted octanol–water partition coefficient (Wildman–Crippen LogP) is 4.28. The topological polar surface area (TPSA) is 45.8 Å². The van der Waals surface area contributed by atoms with E-state index in [2.05, 4.69) is 25.9 Å². The molecule has 0 aliphatic carbocycles. The van der Waals surface area contributed by atoms with Gasteiger partial charge < -0.3 is 4.98 Å². The van der Waals surface area contributed by atoms with Crippen molar-refractivity contribution in [1.29, 1.82) is 0 Å². The fourth-order valence-electron chi connectivity index (χ4n) is 2.08. The van der Waals surface area contributed by atoms with E-state index in [1.165, 1.54) is 0 Å². The third-order valence-corrected chi connectivity index (χ3v) is 3.72. The van der Waals surface area contributed by atoms with Gasteiger partial charge in [0.25, 0.3) is 5.56 Å². The van der Waals surface area contributed by atoms with Gasteiger partial charge in [-0.3, -0.25) is 4.79 Å². The molecule has 0 saturated heterocycles. The summed E-state index contributed by atoms with van der Waals surface area (Å²) in [7, 11) is 0. The summed E-state index contributed by atoms with van der Waals surface area (Å²) in [6, 6.07) is 5.48. The molecule has 0 spiro atoms. The first kappa shape index (κ1) is 14.3. The Balaban J connectivity index is 2.62. The number of aromatic nitrogens is 2. The molecule has 2 aromatic rings. The van der Waals surface area contributed by atoms with Gasteiger partial charge in [0, 0.05) is 21.3 Å². The van der Waals surface area contributed by atoms with Crippen LogP contribution >= 0.6 is 27.5 Å². The Labute approximate surface area is 125 Å². The van der Waals surface area contributed by atoms with E-state index in [1.807, 2.05) is 32.9 Å². The van der Waals surface area contributed by atoms with E-state index >= 15 is 0 Å². The molecule has 0 unspecified atom stereocenters. The van der Waals surface area contributed by atoms with Gasteiger partial charge >= 0.3 is 0 Å². The predicted molar refractivity (Wildman–Crippen MR) is 81.8 cm³/mol. The molecule has 0 saturated carbocycles. The molecule has 0 bridgehead atoms. The summed E-state index contributed by atoms with van der Waals surface area (Å²) in [6.07, 6.45) is 0. The summed E-state index contributed by atoms with van der Waals surface area (Å²) in [5, 5.41) is 0.550. The number of halogens is 2. The van der Waals surface area contributed by atoms with Crippen LogP contribution < -0.4 is 5.56 Å². The van der Waals surface area contributed by atoms with Gasteiger partial charge in [-0.2, -0.15) is 0 Å². The summed E-state index contributed by atoms with van der Waals surface area (Å²) in [5.41, 5.74) is 2.08. The molecule has 0 radical (unpaired) electrons. The molecule has 0 aliphatic heterocycles. The standard InChI is InChI=1S/C14H14BrClN2O/c1-7(2)12-8(3)17-13(18-14(12)19)10-5-4-9(15)6-11(10)16/h4-7H,1-3H3,(H,17,18,19). The molecule has 19 heavy (non-hydrogen) atoms. The van der Waals surface area contributed by atoms with Crippen LogP contribution in [0.3, 0.4) is 0 Å². The van der Waals surface area contributed by atoms with Gasteiger partial charge in [-0.1, -0.05) is 41.4 Å². The molecule has 100 valence electrons. The van der Waals surface area contributed by atoms with Crippen LogP contribution in [0.4, 0.5) is 0 Å². The maximum absolute atomic E-state index is 12.1. The lowest BCUT2D eigenvalue weighted by Gasteiger charge is -2.10. The third-order valence-electron chi connectivity index (χ3n) is 2.91. The summed E-state index contributed by atoms with van der Waals surface area (Å²) >= 11 is 9.53. The lowest BCUT2D eigenvalue weighted by molar-refractivity contribution is 0.815. The average molecular weight is 342 g/mol. The van der Waals surface area contributed by atoms with Crippen molar-refractivity contribution >= 4 is 27.5 Å². The highest BCUT2D eigenvalue weighted by molar-refractivity contribution is 9.10. The number of aromatic amines is 1. The second-order valence-electron chi connectivity index (χ2n) is 4.69. The zero-order valence-corrected chi connectivity index (χ0v) is 13.3. The number of rotatable bonds is 2. The van der Waals surface area contributed by atoms with Crippen molar-refractivity contribution in [3.8, 4) is 11.4 Å². The van der Waals surface area contributed by atoms with E-state index < -0.39 is 0 Å². The van der Waals surface area contributed by atoms with E-state index in [-0.39, 0.29) is 11.5 Å². The number of H-pyrrole nitrogens is 1. The van der Waals surface area contributed by atoms with Crippen LogP contribution in [0.2, 0.25) is 5.02 Å². The first-order valence-electron chi connectivity index (χ1n) is 5.96. The van der Waals surface area contributed by atoms with Crippen LogP contribution in [0, 0.1) is 6.92 Å². The van der Waals surface area contributed by atoms with Crippen LogP contribution in [-0.4, -0.2) is 9.97 Å². The second-order valence-corrected chi connectivity index (χ2v) is 6.02. The monoisotopic (exact) mass is 340 g/mol. The normalized spacial score (nSPS) is 11.1. The Morgan fingerprint density at radius 2 is 2.05 bits per heavy atom. The van der Waals surface area contributed by atoms with Crippen molar-refractivity contribution in [2.45, 2.75) is 26.7 Å². The first-order valence-corrected chi connectivity index (χ1v) is 7.13. The van der Waals surface area contributed by atoms with Crippen LogP contribution in [0.1, 0.15) is 31.0 Å². The lowest BCUT2D eigenvalue weighted by Crippen LogP contribution is -2.18. The highest BCUT2D eigenvalue weighted by atomic mass is 79.9. The summed E-state index contributed by atoms with van der Waals surface area (Å²) in [6.45, 7) is 5.80. The summed E-state index contributed by atoms with van der Waals surface area (Å²) < 4.78 is 0.888. The SMILES string of the molecule is Cc1nc(-c2ccc(Br)cc2Cl)[nH]c(=O)c1C(C)C. The third kappa shape index (κ3) is 2.90. The quantitative estimate of drug-likeness (QED) is 0.886. The molecule has 3 nitrogen and oxygen atoms in total. The molecule has 0 atom stereocenters. The number of hydrogen-bond acceptors (Lipinski definition) is 2. The van der Waals surface area contributed by atoms with E-state index in [4.69, 9.17) is 11.6 Å². The highest BCUT2D eigenvalue weighted by Gasteiger charge is 2.14. The molecule has 0 aliphatic rings. The van der Waals surface area contributed by atoms with Crippen molar-refractivity contribution in [2.75, 3.05) is 0 Å².